The Morgan fingerprint density at radius 1 is 1.23 bits per heavy atom. The molecule has 0 bridgehead atoms. The van der Waals surface area contributed by atoms with Crippen molar-refractivity contribution >= 4 is 5.91 Å². The topological polar surface area (TPSA) is 64.8 Å². The summed E-state index contributed by atoms with van der Waals surface area (Å²) in [5.74, 6) is 0.751. The van der Waals surface area contributed by atoms with Gasteiger partial charge in [0.25, 0.3) is 0 Å². The van der Waals surface area contributed by atoms with Crippen molar-refractivity contribution in [3.63, 3.8) is 0 Å². The van der Waals surface area contributed by atoms with Crippen LogP contribution in [0.5, 0.6) is 0 Å². The Morgan fingerprint density at radius 3 is 2.77 bits per heavy atom. The zero-order valence-electron chi connectivity index (χ0n) is 16.2. The first kappa shape index (κ1) is 19.3. The molecule has 1 aromatic rings. The van der Waals surface area contributed by atoms with Crippen LogP contribution >= 0.6 is 0 Å². The van der Waals surface area contributed by atoms with E-state index < -0.39 is 0 Å². The first-order valence-corrected chi connectivity index (χ1v) is 9.84. The monoisotopic (exact) mass is 363 g/mol. The number of aromatic nitrogens is 2. The van der Waals surface area contributed by atoms with E-state index in [1.807, 2.05) is 22.6 Å². The zero-order chi connectivity index (χ0) is 18.5. The van der Waals surface area contributed by atoms with Crippen LogP contribution in [0.3, 0.4) is 0 Å². The van der Waals surface area contributed by atoms with Crippen molar-refractivity contribution in [3.05, 3.63) is 18.0 Å². The van der Waals surface area contributed by atoms with Crippen molar-refractivity contribution in [2.24, 2.45) is 11.8 Å². The van der Waals surface area contributed by atoms with E-state index in [9.17, 15) is 9.90 Å². The molecule has 0 saturated carbocycles. The van der Waals surface area contributed by atoms with E-state index in [2.05, 4.69) is 21.9 Å². The molecular formula is C19H33N5O2. The van der Waals surface area contributed by atoms with Crippen molar-refractivity contribution in [1.29, 1.82) is 0 Å². The fourth-order valence-electron chi connectivity index (χ4n) is 4.16. The molecular weight excluding hydrogens is 330 g/mol. The number of rotatable bonds is 6. The van der Waals surface area contributed by atoms with Crippen LogP contribution in [0.1, 0.15) is 18.5 Å². The molecule has 0 spiro atoms. The summed E-state index contributed by atoms with van der Waals surface area (Å²) in [7, 11) is 2.18. The average molecular weight is 364 g/mol. The Kier molecular flexibility index (Phi) is 6.67. The Bertz CT molecular complexity index is 590. The lowest BCUT2D eigenvalue weighted by atomic mass is 9.96. The lowest BCUT2D eigenvalue weighted by Crippen LogP contribution is -2.36. The standard InChI is InChI=1S/C19H33N5O2/c1-16-4-6-20-24(16)9-5-19(26)23-13-17(18(14-23)15-25)12-22-8-3-7-21(2)10-11-22/h4,6,17-18,25H,3,5,7-15H2,1-2H3/t17-,18-/m1/s1. The molecule has 2 fully saturated rings. The highest BCUT2D eigenvalue weighted by molar-refractivity contribution is 5.76. The normalized spacial score (nSPS) is 25.6. The SMILES string of the molecule is Cc1ccnn1CCC(=O)N1C[C@@H](CN2CCCN(C)CC2)[C@@H](CO)C1. The molecule has 0 radical (unpaired) electrons. The van der Waals surface area contributed by atoms with Gasteiger partial charge in [-0.1, -0.05) is 0 Å². The third-order valence-electron chi connectivity index (χ3n) is 5.93. The number of carbonyl (C=O) groups is 1. The minimum Gasteiger partial charge on any atom is -0.396 e. The second-order valence-electron chi connectivity index (χ2n) is 7.90. The number of aliphatic hydroxyl groups excluding tert-OH is 1. The van der Waals surface area contributed by atoms with Gasteiger partial charge >= 0.3 is 0 Å². The Morgan fingerprint density at radius 2 is 2.04 bits per heavy atom. The van der Waals surface area contributed by atoms with Crippen molar-refractivity contribution in [2.45, 2.75) is 26.3 Å². The van der Waals surface area contributed by atoms with Crippen LogP contribution in [0.25, 0.3) is 0 Å². The summed E-state index contributed by atoms with van der Waals surface area (Å²) >= 11 is 0. The summed E-state index contributed by atoms with van der Waals surface area (Å²) in [4.78, 5) is 19.5. The molecule has 2 atom stereocenters. The van der Waals surface area contributed by atoms with E-state index in [0.29, 0.717) is 25.4 Å². The molecule has 1 N–H and O–H groups in total. The van der Waals surface area contributed by atoms with E-state index in [1.54, 1.807) is 6.20 Å². The number of aliphatic hydroxyl groups is 1. The summed E-state index contributed by atoms with van der Waals surface area (Å²) in [6.07, 6.45) is 3.44. The van der Waals surface area contributed by atoms with Gasteiger partial charge in [0.15, 0.2) is 0 Å². The molecule has 146 valence electrons. The summed E-state index contributed by atoms with van der Waals surface area (Å²) in [5.41, 5.74) is 1.08. The average Bonchev–Trinajstić information content (AvgIpc) is 3.17. The van der Waals surface area contributed by atoms with E-state index >= 15 is 0 Å². The first-order chi connectivity index (χ1) is 12.6. The van der Waals surface area contributed by atoms with E-state index in [-0.39, 0.29) is 18.4 Å². The smallest absolute Gasteiger partial charge is 0.224 e. The van der Waals surface area contributed by atoms with Gasteiger partial charge in [0.1, 0.15) is 0 Å². The molecule has 2 saturated heterocycles. The minimum atomic E-state index is 0.167. The highest BCUT2D eigenvalue weighted by Crippen LogP contribution is 2.25. The molecule has 0 unspecified atom stereocenters. The van der Waals surface area contributed by atoms with Gasteiger partial charge in [-0.3, -0.25) is 9.48 Å². The Hall–Kier alpha value is -1.44. The molecule has 0 aromatic carbocycles. The summed E-state index contributed by atoms with van der Waals surface area (Å²) in [6, 6.07) is 1.96. The van der Waals surface area contributed by atoms with Gasteiger partial charge in [-0.2, -0.15) is 5.10 Å². The van der Waals surface area contributed by atoms with Crippen molar-refractivity contribution in [2.75, 3.05) is 59.5 Å². The van der Waals surface area contributed by atoms with Gasteiger partial charge in [-0.05, 0) is 45.5 Å². The fourth-order valence-corrected chi connectivity index (χ4v) is 4.16. The van der Waals surface area contributed by atoms with Crippen LogP contribution in [0.2, 0.25) is 0 Å². The number of hydrogen-bond acceptors (Lipinski definition) is 5. The highest BCUT2D eigenvalue weighted by atomic mass is 16.3. The highest BCUT2D eigenvalue weighted by Gasteiger charge is 2.35. The van der Waals surface area contributed by atoms with Crippen LogP contribution in [0.15, 0.2) is 12.3 Å². The predicted octanol–water partition coefficient (Wildman–Crippen LogP) is 0.286. The maximum absolute atomic E-state index is 12.6. The minimum absolute atomic E-state index is 0.167. The molecule has 7 heteroatoms. The summed E-state index contributed by atoms with van der Waals surface area (Å²) < 4.78 is 1.88. The number of aryl methyl sites for hydroxylation is 2. The second-order valence-corrected chi connectivity index (χ2v) is 7.90. The predicted molar refractivity (Wildman–Crippen MR) is 101 cm³/mol. The van der Waals surface area contributed by atoms with Crippen LogP contribution < -0.4 is 0 Å². The molecule has 3 heterocycles. The number of likely N-dealkylation sites (N-methyl/N-ethyl adjacent to an activating group) is 1. The molecule has 3 rings (SSSR count). The van der Waals surface area contributed by atoms with Crippen LogP contribution in [-0.4, -0.2) is 95.0 Å². The lowest BCUT2D eigenvalue weighted by molar-refractivity contribution is -0.130. The fraction of sp³-hybridized carbons (Fsp3) is 0.789. The van der Waals surface area contributed by atoms with Gasteiger partial charge in [-0.25, -0.2) is 0 Å². The molecule has 7 nitrogen and oxygen atoms in total. The van der Waals surface area contributed by atoms with E-state index in [4.69, 9.17) is 0 Å². The van der Waals surface area contributed by atoms with E-state index in [1.165, 1.54) is 6.42 Å². The molecule has 1 aromatic heterocycles. The van der Waals surface area contributed by atoms with Gasteiger partial charge in [0, 0.05) is 70.1 Å². The Labute approximate surface area is 156 Å². The maximum atomic E-state index is 12.6. The van der Waals surface area contributed by atoms with Crippen LogP contribution in [0, 0.1) is 18.8 Å². The largest absolute Gasteiger partial charge is 0.396 e. The quantitative estimate of drug-likeness (QED) is 0.787. The Balaban J connectivity index is 1.51. The van der Waals surface area contributed by atoms with Crippen molar-refractivity contribution in [1.82, 2.24) is 24.5 Å². The number of nitrogens with zero attached hydrogens (tertiary/aromatic N) is 5. The van der Waals surface area contributed by atoms with Crippen LogP contribution in [0.4, 0.5) is 0 Å². The number of hydrogen-bond donors (Lipinski definition) is 1. The first-order valence-electron chi connectivity index (χ1n) is 9.84. The molecule has 0 aliphatic carbocycles. The second kappa shape index (κ2) is 8.97. The maximum Gasteiger partial charge on any atom is 0.224 e. The molecule has 2 aliphatic heterocycles. The third-order valence-corrected chi connectivity index (χ3v) is 5.93. The van der Waals surface area contributed by atoms with Gasteiger partial charge in [0.05, 0.1) is 0 Å². The van der Waals surface area contributed by atoms with E-state index in [0.717, 1.165) is 45.0 Å². The van der Waals surface area contributed by atoms with Gasteiger partial charge in [0.2, 0.25) is 5.91 Å². The van der Waals surface area contributed by atoms with Gasteiger partial charge in [-0.15, -0.1) is 0 Å². The third kappa shape index (κ3) is 4.84. The van der Waals surface area contributed by atoms with Crippen molar-refractivity contribution in [3.8, 4) is 0 Å². The molecule has 1 amide bonds. The van der Waals surface area contributed by atoms with Crippen molar-refractivity contribution < 1.29 is 9.90 Å². The van der Waals surface area contributed by atoms with Crippen LogP contribution in [-0.2, 0) is 11.3 Å². The number of amides is 1. The van der Waals surface area contributed by atoms with Gasteiger partial charge < -0.3 is 19.8 Å². The molecule has 26 heavy (non-hydrogen) atoms. The lowest BCUT2D eigenvalue weighted by Gasteiger charge is -2.26. The molecule has 2 aliphatic rings. The summed E-state index contributed by atoms with van der Waals surface area (Å²) in [5, 5.41) is 14.0. The summed E-state index contributed by atoms with van der Waals surface area (Å²) in [6.45, 7) is 9.69. The zero-order valence-corrected chi connectivity index (χ0v) is 16.2. The number of carbonyl (C=O) groups excluding carboxylic acids is 1. The number of likely N-dealkylation sites (tertiary alicyclic amines) is 1.